The first kappa shape index (κ1) is 11.9. The van der Waals surface area contributed by atoms with E-state index in [2.05, 4.69) is 5.32 Å². The van der Waals surface area contributed by atoms with Gasteiger partial charge in [0.15, 0.2) is 0 Å². The van der Waals surface area contributed by atoms with Gasteiger partial charge in [-0.05, 0) is 44.9 Å². The van der Waals surface area contributed by atoms with E-state index in [9.17, 15) is 9.90 Å². The summed E-state index contributed by atoms with van der Waals surface area (Å²) in [7, 11) is 0. The standard InChI is InChI=1S/C12H22N2O2/c13-10-4-2-9(3-5-10)11(15)14-8-12(16)6-1-7-12/h9-10,16H,1-8,13H2,(H,14,15). The molecule has 2 fully saturated rings. The van der Waals surface area contributed by atoms with Gasteiger partial charge in [0.2, 0.25) is 5.91 Å². The predicted molar refractivity (Wildman–Crippen MR) is 61.7 cm³/mol. The largest absolute Gasteiger partial charge is 0.388 e. The Balaban J connectivity index is 1.71. The lowest BCUT2D eigenvalue weighted by molar-refractivity contribution is -0.128. The highest BCUT2D eigenvalue weighted by Gasteiger charge is 2.35. The van der Waals surface area contributed by atoms with Gasteiger partial charge in [-0.1, -0.05) is 0 Å². The minimum absolute atomic E-state index is 0.104. The van der Waals surface area contributed by atoms with Crippen molar-refractivity contribution in [3.63, 3.8) is 0 Å². The van der Waals surface area contributed by atoms with Crippen LogP contribution in [0, 0.1) is 5.92 Å². The quantitative estimate of drug-likeness (QED) is 0.657. The van der Waals surface area contributed by atoms with Crippen molar-refractivity contribution in [2.75, 3.05) is 6.54 Å². The fourth-order valence-electron chi connectivity index (χ4n) is 2.54. The Bertz CT molecular complexity index is 256. The molecule has 1 amide bonds. The van der Waals surface area contributed by atoms with Crippen LogP contribution in [0.4, 0.5) is 0 Å². The van der Waals surface area contributed by atoms with Crippen molar-refractivity contribution < 1.29 is 9.90 Å². The van der Waals surface area contributed by atoms with E-state index in [1.165, 1.54) is 0 Å². The van der Waals surface area contributed by atoms with Crippen molar-refractivity contribution >= 4 is 5.91 Å². The van der Waals surface area contributed by atoms with Gasteiger partial charge in [-0.15, -0.1) is 0 Å². The van der Waals surface area contributed by atoms with Gasteiger partial charge in [-0.3, -0.25) is 4.79 Å². The van der Waals surface area contributed by atoms with Gasteiger partial charge in [0.1, 0.15) is 0 Å². The van der Waals surface area contributed by atoms with Crippen LogP contribution in [-0.4, -0.2) is 29.2 Å². The molecule has 0 spiro atoms. The molecule has 2 aliphatic rings. The number of carbonyl (C=O) groups is 1. The fraction of sp³-hybridized carbons (Fsp3) is 0.917. The van der Waals surface area contributed by atoms with E-state index in [0.717, 1.165) is 44.9 Å². The maximum Gasteiger partial charge on any atom is 0.223 e. The third-order valence-corrected chi connectivity index (χ3v) is 4.02. The predicted octanol–water partition coefficient (Wildman–Crippen LogP) is 0.535. The summed E-state index contributed by atoms with van der Waals surface area (Å²) in [5, 5.41) is 12.7. The minimum Gasteiger partial charge on any atom is -0.388 e. The normalized spacial score (nSPS) is 32.9. The van der Waals surface area contributed by atoms with Gasteiger partial charge < -0.3 is 16.2 Å². The first-order chi connectivity index (χ1) is 7.59. The molecule has 0 unspecified atom stereocenters. The molecule has 0 saturated heterocycles. The van der Waals surface area contributed by atoms with Crippen LogP contribution >= 0.6 is 0 Å². The van der Waals surface area contributed by atoms with Crippen molar-refractivity contribution in [2.24, 2.45) is 11.7 Å². The molecule has 0 aliphatic heterocycles. The van der Waals surface area contributed by atoms with E-state index >= 15 is 0 Å². The monoisotopic (exact) mass is 226 g/mol. The molecule has 0 aromatic carbocycles. The number of nitrogens with one attached hydrogen (secondary N) is 1. The molecule has 0 aromatic rings. The summed E-state index contributed by atoms with van der Waals surface area (Å²) in [5.41, 5.74) is 5.19. The molecule has 4 nitrogen and oxygen atoms in total. The van der Waals surface area contributed by atoms with E-state index in [-0.39, 0.29) is 17.9 Å². The van der Waals surface area contributed by atoms with Gasteiger partial charge >= 0.3 is 0 Å². The first-order valence-electron chi connectivity index (χ1n) is 6.35. The topological polar surface area (TPSA) is 75.4 Å². The lowest BCUT2D eigenvalue weighted by Gasteiger charge is -2.37. The second-order valence-corrected chi connectivity index (χ2v) is 5.41. The zero-order chi connectivity index (χ0) is 11.6. The summed E-state index contributed by atoms with van der Waals surface area (Å²) in [4.78, 5) is 11.8. The molecular formula is C12H22N2O2. The Morgan fingerprint density at radius 3 is 2.44 bits per heavy atom. The van der Waals surface area contributed by atoms with Crippen LogP contribution in [0.1, 0.15) is 44.9 Å². The molecule has 0 atom stereocenters. The summed E-state index contributed by atoms with van der Waals surface area (Å²) in [5.74, 6) is 0.218. The van der Waals surface area contributed by atoms with E-state index in [1.807, 2.05) is 0 Å². The lowest BCUT2D eigenvalue weighted by Crippen LogP contribution is -2.49. The van der Waals surface area contributed by atoms with Crippen LogP contribution in [0.15, 0.2) is 0 Å². The molecular weight excluding hydrogens is 204 g/mol. The third-order valence-electron chi connectivity index (χ3n) is 4.02. The van der Waals surface area contributed by atoms with Crippen molar-refractivity contribution in [1.29, 1.82) is 0 Å². The third kappa shape index (κ3) is 2.74. The van der Waals surface area contributed by atoms with Crippen LogP contribution in [0.2, 0.25) is 0 Å². The maximum absolute atomic E-state index is 11.8. The molecule has 4 N–H and O–H groups in total. The Morgan fingerprint density at radius 1 is 1.31 bits per heavy atom. The summed E-state index contributed by atoms with van der Waals surface area (Å²) < 4.78 is 0. The highest BCUT2D eigenvalue weighted by Crippen LogP contribution is 2.31. The number of amides is 1. The van der Waals surface area contributed by atoms with Gasteiger partial charge in [0, 0.05) is 18.5 Å². The molecule has 0 radical (unpaired) electrons. The van der Waals surface area contributed by atoms with Gasteiger partial charge in [0.05, 0.1) is 5.60 Å². The van der Waals surface area contributed by atoms with E-state index < -0.39 is 5.60 Å². The van der Waals surface area contributed by atoms with E-state index in [1.54, 1.807) is 0 Å². The molecule has 0 bridgehead atoms. The minimum atomic E-state index is -0.610. The van der Waals surface area contributed by atoms with E-state index in [4.69, 9.17) is 5.73 Å². The Hall–Kier alpha value is -0.610. The number of nitrogens with two attached hydrogens (primary N) is 1. The number of rotatable bonds is 3. The Labute approximate surface area is 96.6 Å². The molecule has 2 rings (SSSR count). The highest BCUT2D eigenvalue weighted by molar-refractivity contribution is 5.78. The van der Waals surface area contributed by atoms with Crippen molar-refractivity contribution in [3.8, 4) is 0 Å². The van der Waals surface area contributed by atoms with Crippen molar-refractivity contribution in [2.45, 2.75) is 56.6 Å². The zero-order valence-corrected chi connectivity index (χ0v) is 9.74. The molecule has 2 aliphatic carbocycles. The number of hydrogen-bond donors (Lipinski definition) is 3. The fourth-order valence-corrected chi connectivity index (χ4v) is 2.54. The summed E-state index contributed by atoms with van der Waals surface area (Å²) >= 11 is 0. The Morgan fingerprint density at radius 2 is 1.94 bits per heavy atom. The van der Waals surface area contributed by atoms with Gasteiger partial charge in [-0.25, -0.2) is 0 Å². The second kappa shape index (κ2) is 4.72. The first-order valence-corrected chi connectivity index (χ1v) is 6.35. The molecule has 16 heavy (non-hydrogen) atoms. The van der Waals surface area contributed by atoms with Gasteiger partial charge in [-0.2, -0.15) is 0 Å². The average molecular weight is 226 g/mol. The zero-order valence-electron chi connectivity index (χ0n) is 9.74. The van der Waals surface area contributed by atoms with Gasteiger partial charge in [0.25, 0.3) is 0 Å². The number of carbonyl (C=O) groups excluding carboxylic acids is 1. The molecule has 2 saturated carbocycles. The van der Waals surface area contributed by atoms with E-state index in [0.29, 0.717) is 6.54 Å². The van der Waals surface area contributed by atoms with Crippen LogP contribution in [0.25, 0.3) is 0 Å². The molecule has 0 heterocycles. The second-order valence-electron chi connectivity index (χ2n) is 5.41. The van der Waals surface area contributed by atoms with Crippen LogP contribution in [0.5, 0.6) is 0 Å². The Kier molecular flexibility index (Phi) is 3.50. The lowest BCUT2D eigenvalue weighted by atomic mass is 9.80. The smallest absolute Gasteiger partial charge is 0.223 e. The summed E-state index contributed by atoms with van der Waals surface area (Å²) in [6, 6.07) is 0.278. The van der Waals surface area contributed by atoms with Crippen LogP contribution < -0.4 is 11.1 Å². The average Bonchev–Trinajstić information content (AvgIpc) is 2.24. The molecule has 92 valence electrons. The van der Waals surface area contributed by atoms with Crippen molar-refractivity contribution in [3.05, 3.63) is 0 Å². The summed E-state index contributed by atoms with van der Waals surface area (Å²) in [6.07, 6.45) is 6.40. The highest BCUT2D eigenvalue weighted by atomic mass is 16.3. The van der Waals surface area contributed by atoms with Crippen LogP contribution in [-0.2, 0) is 4.79 Å². The number of hydrogen-bond acceptors (Lipinski definition) is 3. The SMILES string of the molecule is NC1CCC(C(=O)NCC2(O)CCC2)CC1. The van der Waals surface area contributed by atoms with Crippen molar-refractivity contribution in [1.82, 2.24) is 5.32 Å². The maximum atomic E-state index is 11.8. The molecule has 4 heteroatoms. The van der Waals surface area contributed by atoms with Crippen LogP contribution in [0.3, 0.4) is 0 Å². The molecule has 0 aromatic heterocycles. The summed E-state index contributed by atoms with van der Waals surface area (Å²) in [6.45, 7) is 0.425. The number of aliphatic hydroxyl groups is 1.